The van der Waals surface area contributed by atoms with Crippen LogP contribution in [0.15, 0.2) is 12.1 Å². The molecule has 0 saturated carbocycles. The first-order valence-corrected chi connectivity index (χ1v) is 13.6. The summed E-state index contributed by atoms with van der Waals surface area (Å²) in [5.41, 5.74) is 1.28. The Balaban J connectivity index is 2.48. The number of aliphatic carboxylic acids is 1. The van der Waals surface area contributed by atoms with Crippen LogP contribution in [0.25, 0.3) is 0 Å². The number of carbonyl (C=O) groups excluding carboxylic acids is 1. The monoisotopic (exact) mass is 469 g/mol. The minimum Gasteiger partial charge on any atom is -0.481 e. The Kier molecular flexibility index (Phi) is 7.82. The molecular weight excluding hydrogens is 437 g/mol. The van der Waals surface area contributed by atoms with Crippen molar-refractivity contribution >= 4 is 20.3 Å². The minimum atomic E-state index is -2.12. The molecule has 1 aromatic carbocycles. The van der Waals surface area contributed by atoms with Crippen molar-refractivity contribution in [3.8, 4) is 0 Å². The maximum Gasteiger partial charge on any atom is 0.321 e. The Morgan fingerprint density at radius 1 is 1.34 bits per heavy atom. The molecular formula is C22H32FNO7Si. The van der Waals surface area contributed by atoms with Crippen molar-refractivity contribution in [3.63, 3.8) is 0 Å². The Labute approximate surface area is 188 Å². The summed E-state index contributed by atoms with van der Waals surface area (Å²) in [5, 5.41) is 20.8. The molecule has 10 heteroatoms. The molecule has 2 unspecified atom stereocenters. The lowest BCUT2D eigenvalue weighted by Gasteiger charge is -2.38. The molecule has 0 saturated heterocycles. The third kappa shape index (κ3) is 5.53. The molecule has 1 aliphatic rings. The summed E-state index contributed by atoms with van der Waals surface area (Å²) in [6.45, 7) is 11.1. The number of carbonyl (C=O) groups is 2. The van der Waals surface area contributed by atoms with E-state index in [1.165, 1.54) is 19.1 Å². The quantitative estimate of drug-likeness (QED) is 0.187. The predicted octanol–water partition coefficient (Wildman–Crippen LogP) is 4.46. The number of nitro groups is 1. The Bertz CT molecular complexity index is 897. The molecule has 1 aromatic rings. The normalized spacial score (nSPS) is 18.0. The number of nitrogens with zero attached hydrogens (tertiary/aromatic N) is 1. The molecule has 0 aliphatic heterocycles. The fourth-order valence-corrected chi connectivity index (χ4v) is 5.07. The van der Waals surface area contributed by atoms with Crippen molar-refractivity contribution in [2.45, 2.75) is 70.7 Å². The number of carboxylic acid groups (broad SMARTS) is 1. The van der Waals surface area contributed by atoms with Gasteiger partial charge in [-0.3, -0.25) is 19.7 Å². The summed E-state index contributed by atoms with van der Waals surface area (Å²) in [4.78, 5) is 34.6. The van der Waals surface area contributed by atoms with Gasteiger partial charge in [-0.2, -0.15) is 0 Å². The van der Waals surface area contributed by atoms with Crippen LogP contribution < -0.4 is 0 Å². The number of halogens is 1. The van der Waals surface area contributed by atoms with Crippen molar-refractivity contribution in [2.75, 3.05) is 13.2 Å². The van der Waals surface area contributed by atoms with E-state index in [0.29, 0.717) is 18.4 Å². The van der Waals surface area contributed by atoms with Crippen LogP contribution in [0.5, 0.6) is 0 Å². The van der Waals surface area contributed by atoms with Gasteiger partial charge in [-0.15, -0.1) is 0 Å². The average Bonchev–Trinajstić information content (AvgIpc) is 3.00. The van der Waals surface area contributed by atoms with Crippen LogP contribution in [0.3, 0.4) is 0 Å². The predicted molar refractivity (Wildman–Crippen MR) is 118 cm³/mol. The maximum absolute atomic E-state index is 15.2. The van der Waals surface area contributed by atoms with E-state index in [1.54, 1.807) is 0 Å². The highest BCUT2D eigenvalue weighted by Gasteiger charge is 2.44. The fourth-order valence-electron chi connectivity index (χ4n) is 3.76. The van der Waals surface area contributed by atoms with Crippen LogP contribution in [0.2, 0.25) is 18.1 Å². The number of hydrogen-bond acceptors (Lipinski definition) is 6. The van der Waals surface area contributed by atoms with E-state index in [0.717, 1.165) is 5.56 Å². The highest BCUT2D eigenvalue weighted by molar-refractivity contribution is 6.74. The number of hydrogen-bond donors (Lipinski definition) is 1. The van der Waals surface area contributed by atoms with Gasteiger partial charge in [0.25, 0.3) is 0 Å². The summed E-state index contributed by atoms with van der Waals surface area (Å²) in [6, 6.07) is 2.75. The Morgan fingerprint density at radius 2 is 1.97 bits per heavy atom. The number of benzene rings is 1. The zero-order chi connectivity index (χ0) is 24.4. The van der Waals surface area contributed by atoms with Gasteiger partial charge in [0.05, 0.1) is 18.6 Å². The second-order valence-electron chi connectivity index (χ2n) is 9.67. The van der Waals surface area contributed by atoms with Gasteiger partial charge in [-0.1, -0.05) is 26.8 Å². The summed E-state index contributed by atoms with van der Waals surface area (Å²) in [7, 11) is -2.12. The third-order valence-corrected chi connectivity index (χ3v) is 11.0. The number of esters is 1. The summed E-state index contributed by atoms with van der Waals surface area (Å²) in [6.07, 6.45) is 0.929. The van der Waals surface area contributed by atoms with Crippen molar-refractivity contribution in [1.29, 1.82) is 0 Å². The number of carboxylic acids is 1. The van der Waals surface area contributed by atoms with Crippen molar-refractivity contribution < 1.29 is 33.2 Å². The van der Waals surface area contributed by atoms with Gasteiger partial charge in [-0.25, -0.2) is 4.39 Å². The third-order valence-electron chi connectivity index (χ3n) is 6.48. The zero-order valence-electron chi connectivity index (χ0n) is 19.4. The molecule has 0 radical (unpaired) electrons. The Hall–Kier alpha value is -2.33. The molecule has 0 spiro atoms. The van der Waals surface area contributed by atoms with Gasteiger partial charge in [0.15, 0.2) is 14.2 Å². The molecule has 32 heavy (non-hydrogen) atoms. The second kappa shape index (κ2) is 9.66. The standard InChI is InChI=1S/C22H32FNO7Si/c1-7-30-21(27)19(20(25)26)16(12-24(28)29)15-10-13-8-9-18(14(13)11-17(15)23)31-32(5,6)22(2,3)4/h10-11,16,18-19H,7-9,12H2,1-6H3,(H,25,26)/t16-,18?,19?/m0/s1. The van der Waals surface area contributed by atoms with Gasteiger partial charge >= 0.3 is 11.9 Å². The first-order chi connectivity index (χ1) is 14.7. The van der Waals surface area contributed by atoms with E-state index < -0.39 is 49.4 Å². The number of rotatable bonds is 9. The molecule has 0 fully saturated rings. The summed E-state index contributed by atoms with van der Waals surface area (Å²) >= 11 is 0. The Morgan fingerprint density at radius 3 is 2.47 bits per heavy atom. The molecule has 0 heterocycles. The lowest BCUT2D eigenvalue weighted by Crippen LogP contribution is -2.41. The van der Waals surface area contributed by atoms with Crippen LogP contribution in [-0.2, 0) is 25.2 Å². The maximum atomic E-state index is 15.2. The largest absolute Gasteiger partial charge is 0.481 e. The molecule has 0 aromatic heterocycles. The van der Waals surface area contributed by atoms with Gasteiger partial charge in [-0.05, 0) is 60.7 Å². The number of fused-ring (bicyclic) bond motifs is 1. The van der Waals surface area contributed by atoms with E-state index in [2.05, 4.69) is 33.9 Å². The van der Waals surface area contributed by atoms with E-state index in [4.69, 9.17) is 9.16 Å². The number of ether oxygens (including phenoxy) is 1. The first-order valence-electron chi connectivity index (χ1n) is 10.7. The van der Waals surface area contributed by atoms with Gasteiger partial charge in [0.1, 0.15) is 5.82 Å². The minimum absolute atomic E-state index is 0.0284. The van der Waals surface area contributed by atoms with Crippen LogP contribution in [0.1, 0.15) is 62.8 Å². The zero-order valence-corrected chi connectivity index (χ0v) is 20.4. The fraction of sp³-hybridized carbons (Fsp3) is 0.636. The summed E-state index contributed by atoms with van der Waals surface area (Å²) in [5.74, 6) is -6.86. The smallest absolute Gasteiger partial charge is 0.321 e. The lowest BCUT2D eigenvalue weighted by atomic mass is 9.84. The lowest BCUT2D eigenvalue weighted by molar-refractivity contribution is -0.484. The molecule has 8 nitrogen and oxygen atoms in total. The van der Waals surface area contributed by atoms with E-state index in [9.17, 15) is 24.8 Å². The van der Waals surface area contributed by atoms with Crippen molar-refractivity contribution in [3.05, 3.63) is 44.8 Å². The van der Waals surface area contributed by atoms with Crippen LogP contribution in [-0.4, -0.2) is 43.4 Å². The van der Waals surface area contributed by atoms with Gasteiger partial charge < -0.3 is 14.3 Å². The molecule has 0 amide bonds. The van der Waals surface area contributed by atoms with E-state index in [-0.39, 0.29) is 23.3 Å². The molecule has 3 atom stereocenters. The van der Waals surface area contributed by atoms with Gasteiger partial charge in [0, 0.05) is 4.92 Å². The van der Waals surface area contributed by atoms with Crippen LogP contribution in [0.4, 0.5) is 4.39 Å². The average molecular weight is 470 g/mol. The van der Waals surface area contributed by atoms with Crippen LogP contribution in [0, 0.1) is 21.8 Å². The second-order valence-corrected chi connectivity index (χ2v) is 14.4. The van der Waals surface area contributed by atoms with Gasteiger partial charge in [0.2, 0.25) is 6.54 Å². The number of aryl methyl sites for hydroxylation is 1. The molecule has 1 N–H and O–H groups in total. The highest BCUT2D eigenvalue weighted by Crippen LogP contribution is 2.45. The molecule has 2 rings (SSSR count). The SMILES string of the molecule is CCOC(=O)C(C(=O)O)[C@@H](C[N+](=O)[O-])c1cc2c(cc1F)C(O[Si](C)(C)C(C)(C)C)CC2. The first kappa shape index (κ1) is 25.9. The summed E-state index contributed by atoms with van der Waals surface area (Å²) < 4.78 is 26.5. The van der Waals surface area contributed by atoms with Crippen molar-refractivity contribution in [1.82, 2.24) is 0 Å². The van der Waals surface area contributed by atoms with Crippen molar-refractivity contribution in [2.24, 2.45) is 5.92 Å². The molecule has 0 bridgehead atoms. The van der Waals surface area contributed by atoms with E-state index in [1.807, 2.05) is 0 Å². The molecule has 1 aliphatic carbocycles. The van der Waals surface area contributed by atoms with Crippen LogP contribution >= 0.6 is 0 Å². The highest BCUT2D eigenvalue weighted by atomic mass is 28.4. The van der Waals surface area contributed by atoms with E-state index >= 15 is 4.39 Å². The topological polar surface area (TPSA) is 116 Å². The molecule has 178 valence electrons.